The van der Waals surface area contributed by atoms with E-state index in [0.717, 1.165) is 11.1 Å². The molecule has 0 radical (unpaired) electrons. The Balaban J connectivity index is 2.00. The fourth-order valence-electron chi connectivity index (χ4n) is 2.98. The second kappa shape index (κ2) is 5.94. The van der Waals surface area contributed by atoms with E-state index < -0.39 is 10.8 Å². The van der Waals surface area contributed by atoms with Crippen LogP contribution in [0.15, 0.2) is 60.7 Å². The van der Waals surface area contributed by atoms with Crippen molar-refractivity contribution in [2.75, 3.05) is 0 Å². The van der Waals surface area contributed by atoms with Crippen LogP contribution in [0.5, 0.6) is 0 Å². The number of carbonyl (C=O) groups excluding carboxylic acids is 1. The van der Waals surface area contributed by atoms with E-state index in [2.05, 4.69) is 0 Å². The summed E-state index contributed by atoms with van der Waals surface area (Å²) in [5.74, 6) is 0.0190. The Labute approximate surface area is 127 Å². The van der Waals surface area contributed by atoms with E-state index in [-0.39, 0.29) is 22.2 Å². The zero-order valence-electron chi connectivity index (χ0n) is 11.9. The van der Waals surface area contributed by atoms with Crippen molar-refractivity contribution >= 4 is 16.6 Å². The van der Waals surface area contributed by atoms with Crippen LogP contribution in [0, 0.1) is 5.92 Å². The Hall–Kier alpha value is -1.74. The summed E-state index contributed by atoms with van der Waals surface area (Å²) in [6.07, 6.45) is 0.376. The number of hydrogen-bond donors (Lipinski definition) is 0. The molecule has 0 aromatic heterocycles. The van der Waals surface area contributed by atoms with Gasteiger partial charge in [-0.05, 0) is 11.1 Å². The monoisotopic (exact) mass is 298 g/mol. The molecule has 3 rings (SSSR count). The molecule has 1 saturated heterocycles. The van der Waals surface area contributed by atoms with Gasteiger partial charge in [-0.15, -0.1) is 0 Å². The second-order valence-electron chi connectivity index (χ2n) is 5.52. The normalized spacial score (nSPS) is 29.3. The highest BCUT2D eigenvalue weighted by molar-refractivity contribution is 7.85. The Morgan fingerprint density at radius 2 is 1.43 bits per heavy atom. The summed E-state index contributed by atoms with van der Waals surface area (Å²) in [6, 6.07) is 19.5. The third-order valence-corrected chi connectivity index (χ3v) is 6.36. The third kappa shape index (κ3) is 2.70. The summed E-state index contributed by atoms with van der Waals surface area (Å²) in [7, 11) is -1.09. The maximum absolute atomic E-state index is 13.0. The lowest BCUT2D eigenvalue weighted by Crippen LogP contribution is -2.33. The first kappa shape index (κ1) is 14.2. The van der Waals surface area contributed by atoms with Gasteiger partial charge in [-0.2, -0.15) is 0 Å². The molecule has 1 heterocycles. The van der Waals surface area contributed by atoms with Crippen LogP contribution < -0.4 is 0 Å². The Bertz CT molecular complexity index is 651. The molecule has 4 atom stereocenters. The van der Waals surface area contributed by atoms with Gasteiger partial charge in [-0.3, -0.25) is 9.00 Å². The Morgan fingerprint density at radius 3 is 2.00 bits per heavy atom. The maximum atomic E-state index is 13.0. The average molecular weight is 298 g/mol. The molecule has 0 bridgehead atoms. The molecule has 0 aliphatic carbocycles. The number of benzene rings is 2. The van der Waals surface area contributed by atoms with Gasteiger partial charge < -0.3 is 0 Å². The zero-order valence-corrected chi connectivity index (χ0v) is 12.8. The van der Waals surface area contributed by atoms with E-state index in [9.17, 15) is 9.00 Å². The van der Waals surface area contributed by atoms with Gasteiger partial charge in [0.2, 0.25) is 0 Å². The molecule has 21 heavy (non-hydrogen) atoms. The van der Waals surface area contributed by atoms with Gasteiger partial charge in [0.15, 0.2) is 0 Å². The van der Waals surface area contributed by atoms with Crippen LogP contribution in [0.3, 0.4) is 0 Å². The number of Topliss-reactive ketones (excluding diaryl/α,β-unsaturated/α-hetero) is 1. The van der Waals surface area contributed by atoms with Crippen molar-refractivity contribution in [2.45, 2.75) is 23.8 Å². The summed E-state index contributed by atoms with van der Waals surface area (Å²) >= 11 is 0. The first-order chi connectivity index (χ1) is 10.2. The molecule has 1 aliphatic heterocycles. The van der Waals surface area contributed by atoms with Crippen LogP contribution in [0.1, 0.15) is 35.0 Å². The highest BCUT2D eigenvalue weighted by Crippen LogP contribution is 2.43. The lowest BCUT2D eigenvalue weighted by atomic mass is 9.92. The lowest BCUT2D eigenvalue weighted by Gasteiger charge is -2.33. The van der Waals surface area contributed by atoms with Crippen molar-refractivity contribution in [2.24, 2.45) is 5.92 Å². The first-order valence-corrected chi connectivity index (χ1v) is 8.48. The maximum Gasteiger partial charge on any atom is 0.138 e. The zero-order chi connectivity index (χ0) is 14.8. The van der Waals surface area contributed by atoms with Crippen LogP contribution in [0.4, 0.5) is 0 Å². The minimum atomic E-state index is -1.09. The van der Waals surface area contributed by atoms with Gasteiger partial charge in [0.25, 0.3) is 0 Å². The fourth-order valence-corrected chi connectivity index (χ4v) is 5.07. The van der Waals surface area contributed by atoms with E-state index in [1.165, 1.54) is 0 Å². The standard InChI is InChI=1S/C18H18O2S/c1-13-16(19)12-17(14-8-4-2-5-9-14)21(20)18(13)15-10-6-3-7-11-15/h2-11,13,17-18H,12H2,1H3/t13-,17+,18-,21?/m1/s1. The number of carbonyl (C=O) groups is 1. The number of hydrogen-bond acceptors (Lipinski definition) is 2. The summed E-state index contributed by atoms with van der Waals surface area (Å²) in [5, 5.41) is -0.405. The average Bonchev–Trinajstić information content (AvgIpc) is 2.53. The second-order valence-corrected chi connectivity index (χ2v) is 7.25. The summed E-state index contributed by atoms with van der Waals surface area (Å²) in [6.45, 7) is 1.90. The van der Waals surface area contributed by atoms with E-state index in [1.807, 2.05) is 67.6 Å². The summed E-state index contributed by atoms with van der Waals surface area (Å²) < 4.78 is 13.0. The highest BCUT2D eigenvalue weighted by Gasteiger charge is 2.41. The molecular weight excluding hydrogens is 280 g/mol. The van der Waals surface area contributed by atoms with Gasteiger partial charge in [0.05, 0.1) is 10.5 Å². The van der Waals surface area contributed by atoms with Crippen molar-refractivity contribution in [3.05, 3.63) is 71.8 Å². The van der Waals surface area contributed by atoms with Crippen molar-refractivity contribution < 1.29 is 9.00 Å². The van der Waals surface area contributed by atoms with Crippen molar-refractivity contribution in [1.29, 1.82) is 0 Å². The van der Waals surface area contributed by atoms with Gasteiger partial charge in [0, 0.05) is 23.1 Å². The van der Waals surface area contributed by atoms with Crippen molar-refractivity contribution in [1.82, 2.24) is 0 Å². The van der Waals surface area contributed by atoms with Crippen LogP contribution in [-0.4, -0.2) is 9.99 Å². The molecule has 2 aromatic carbocycles. The van der Waals surface area contributed by atoms with Crippen LogP contribution >= 0.6 is 0 Å². The molecule has 0 N–H and O–H groups in total. The summed E-state index contributed by atoms with van der Waals surface area (Å²) in [4.78, 5) is 12.4. The van der Waals surface area contributed by atoms with Gasteiger partial charge in [-0.25, -0.2) is 0 Å². The van der Waals surface area contributed by atoms with Crippen LogP contribution in [0.25, 0.3) is 0 Å². The molecule has 1 aliphatic rings. The van der Waals surface area contributed by atoms with Gasteiger partial charge >= 0.3 is 0 Å². The van der Waals surface area contributed by atoms with E-state index >= 15 is 0 Å². The fraction of sp³-hybridized carbons (Fsp3) is 0.278. The Morgan fingerprint density at radius 1 is 0.905 bits per heavy atom. The van der Waals surface area contributed by atoms with Gasteiger partial charge in [0.1, 0.15) is 5.78 Å². The minimum Gasteiger partial charge on any atom is -0.299 e. The van der Waals surface area contributed by atoms with Crippen LogP contribution in [-0.2, 0) is 15.6 Å². The van der Waals surface area contributed by atoms with E-state index in [4.69, 9.17) is 0 Å². The van der Waals surface area contributed by atoms with Crippen LogP contribution in [0.2, 0.25) is 0 Å². The first-order valence-electron chi connectivity index (χ1n) is 7.20. The molecular formula is C18H18O2S. The molecule has 1 fully saturated rings. The van der Waals surface area contributed by atoms with Crippen molar-refractivity contribution in [3.8, 4) is 0 Å². The molecule has 2 nitrogen and oxygen atoms in total. The van der Waals surface area contributed by atoms with Gasteiger partial charge in [-0.1, -0.05) is 67.6 Å². The predicted molar refractivity (Wildman–Crippen MR) is 85.3 cm³/mol. The largest absolute Gasteiger partial charge is 0.299 e. The smallest absolute Gasteiger partial charge is 0.138 e. The topological polar surface area (TPSA) is 34.1 Å². The molecule has 108 valence electrons. The van der Waals surface area contributed by atoms with Crippen molar-refractivity contribution in [3.63, 3.8) is 0 Å². The molecule has 0 saturated carbocycles. The molecule has 0 amide bonds. The molecule has 3 heteroatoms. The SMILES string of the molecule is C[C@@H]1C(=O)C[C@@H](c2ccccc2)S(=O)[C@H]1c1ccccc1. The summed E-state index contributed by atoms with van der Waals surface area (Å²) in [5.41, 5.74) is 1.99. The molecule has 0 spiro atoms. The highest BCUT2D eigenvalue weighted by atomic mass is 32.2. The quantitative estimate of drug-likeness (QED) is 0.844. The van der Waals surface area contributed by atoms with E-state index in [0.29, 0.717) is 6.42 Å². The number of ketones is 1. The number of rotatable bonds is 2. The molecule has 1 unspecified atom stereocenters. The third-order valence-electron chi connectivity index (χ3n) is 4.18. The molecule has 2 aromatic rings. The lowest BCUT2D eigenvalue weighted by molar-refractivity contribution is -0.122. The Kier molecular flexibility index (Phi) is 4.02. The minimum absolute atomic E-state index is 0.187. The predicted octanol–water partition coefficient (Wildman–Crippen LogP) is 3.83. The van der Waals surface area contributed by atoms with E-state index in [1.54, 1.807) is 0 Å².